The van der Waals surface area contributed by atoms with Crippen LogP contribution in [0.5, 0.6) is 0 Å². The topological polar surface area (TPSA) is 53.8 Å². The maximum absolute atomic E-state index is 12.4. The van der Waals surface area contributed by atoms with Gasteiger partial charge in [0, 0.05) is 20.7 Å². The molecule has 0 radical (unpaired) electrons. The average molecular weight is 380 g/mol. The molecule has 0 saturated heterocycles. The number of carbonyl (C=O) groups is 1. The van der Waals surface area contributed by atoms with Crippen molar-refractivity contribution >= 4 is 37.6 Å². The summed E-state index contributed by atoms with van der Waals surface area (Å²) in [5.41, 5.74) is 0.924. The zero-order chi connectivity index (χ0) is 13.8. The van der Waals surface area contributed by atoms with Crippen molar-refractivity contribution in [2.24, 2.45) is 0 Å². The number of halogens is 2. The van der Waals surface area contributed by atoms with E-state index in [4.69, 9.17) is 0 Å². The highest BCUT2D eigenvalue weighted by molar-refractivity contribution is 9.11. The predicted molar refractivity (Wildman–Crippen MR) is 78.8 cm³/mol. The molecule has 1 atom stereocenters. The van der Waals surface area contributed by atoms with Crippen molar-refractivity contribution in [3.8, 4) is 6.07 Å². The van der Waals surface area contributed by atoms with Crippen molar-refractivity contribution < 1.29 is 4.79 Å². The number of nitriles is 1. The lowest BCUT2D eigenvalue weighted by molar-refractivity contribution is 0.0977. The lowest BCUT2D eigenvalue weighted by Gasteiger charge is -2.09. The second kappa shape index (κ2) is 6.09. The maximum Gasteiger partial charge on any atom is 0.187 e. The molecule has 0 amide bonds. The first-order valence-electron chi connectivity index (χ1n) is 5.43. The van der Waals surface area contributed by atoms with Crippen LogP contribution in [-0.4, -0.2) is 10.8 Å². The van der Waals surface area contributed by atoms with E-state index in [0.717, 1.165) is 4.47 Å². The number of Topliss-reactive ketones (excluding diaryl/α,β-unsaturated/α-hetero) is 1. The molecule has 3 nitrogen and oxygen atoms in total. The third-order valence-corrected chi connectivity index (χ3v) is 3.75. The van der Waals surface area contributed by atoms with E-state index < -0.39 is 5.92 Å². The van der Waals surface area contributed by atoms with E-state index in [2.05, 4.69) is 36.8 Å². The third-order valence-electron chi connectivity index (χ3n) is 2.57. The number of rotatable bonds is 3. The van der Waals surface area contributed by atoms with Crippen LogP contribution in [0.15, 0.2) is 51.5 Å². The summed E-state index contributed by atoms with van der Waals surface area (Å²) in [7, 11) is 0. The van der Waals surface area contributed by atoms with E-state index >= 15 is 0 Å². The minimum Gasteiger partial charge on any atom is -0.292 e. The Kier molecular flexibility index (Phi) is 4.46. The van der Waals surface area contributed by atoms with Gasteiger partial charge in [-0.25, -0.2) is 0 Å². The molecule has 1 heterocycles. The van der Waals surface area contributed by atoms with Gasteiger partial charge >= 0.3 is 0 Å². The molecule has 0 spiro atoms. The van der Waals surface area contributed by atoms with E-state index in [9.17, 15) is 10.1 Å². The van der Waals surface area contributed by atoms with Crippen molar-refractivity contribution in [3.63, 3.8) is 0 Å². The Morgan fingerprint density at radius 3 is 2.68 bits per heavy atom. The molecule has 2 aromatic rings. The SMILES string of the molecule is N#CC(C(=O)c1cc(Br)ccc1Br)c1ccccn1. The smallest absolute Gasteiger partial charge is 0.187 e. The summed E-state index contributed by atoms with van der Waals surface area (Å²) in [6, 6.07) is 12.5. The lowest BCUT2D eigenvalue weighted by Crippen LogP contribution is -2.13. The molecule has 94 valence electrons. The first kappa shape index (κ1) is 13.9. The number of nitrogens with zero attached hydrogens (tertiary/aromatic N) is 2. The van der Waals surface area contributed by atoms with Crippen LogP contribution >= 0.6 is 31.9 Å². The average Bonchev–Trinajstić information content (AvgIpc) is 2.43. The number of ketones is 1. The molecule has 1 aromatic heterocycles. The molecule has 0 aliphatic carbocycles. The van der Waals surface area contributed by atoms with Crippen molar-refractivity contribution in [2.75, 3.05) is 0 Å². The molecule has 0 fully saturated rings. The zero-order valence-electron chi connectivity index (χ0n) is 9.68. The van der Waals surface area contributed by atoms with Crippen molar-refractivity contribution in [3.05, 3.63) is 62.8 Å². The number of aromatic nitrogens is 1. The Morgan fingerprint density at radius 1 is 1.26 bits per heavy atom. The number of hydrogen-bond acceptors (Lipinski definition) is 3. The van der Waals surface area contributed by atoms with E-state index in [-0.39, 0.29) is 5.78 Å². The Bertz CT molecular complexity index is 650. The highest BCUT2D eigenvalue weighted by atomic mass is 79.9. The first-order chi connectivity index (χ1) is 9.13. The monoisotopic (exact) mass is 378 g/mol. The highest BCUT2D eigenvalue weighted by Gasteiger charge is 2.24. The minimum absolute atomic E-state index is 0.269. The van der Waals surface area contributed by atoms with Crippen LogP contribution in [-0.2, 0) is 0 Å². The van der Waals surface area contributed by atoms with E-state index in [1.165, 1.54) is 0 Å². The van der Waals surface area contributed by atoms with Gasteiger partial charge in [0.2, 0.25) is 0 Å². The van der Waals surface area contributed by atoms with Crippen LogP contribution in [0.1, 0.15) is 22.0 Å². The van der Waals surface area contributed by atoms with Gasteiger partial charge in [-0.2, -0.15) is 5.26 Å². The molecule has 0 aliphatic rings. The lowest BCUT2D eigenvalue weighted by atomic mass is 9.95. The second-order valence-corrected chi connectivity index (χ2v) is 5.58. The molecule has 0 bridgehead atoms. The fourth-order valence-electron chi connectivity index (χ4n) is 1.65. The van der Waals surface area contributed by atoms with Gasteiger partial charge < -0.3 is 0 Å². The minimum atomic E-state index is -0.896. The molecule has 0 N–H and O–H groups in total. The first-order valence-corrected chi connectivity index (χ1v) is 7.02. The van der Waals surface area contributed by atoms with Gasteiger partial charge in [-0.3, -0.25) is 9.78 Å². The number of hydrogen-bond donors (Lipinski definition) is 0. The number of pyridine rings is 1. The van der Waals surface area contributed by atoms with Crippen molar-refractivity contribution in [2.45, 2.75) is 5.92 Å². The second-order valence-electron chi connectivity index (χ2n) is 3.81. The largest absolute Gasteiger partial charge is 0.292 e. The van der Waals surface area contributed by atoms with E-state index in [1.54, 1.807) is 36.5 Å². The fourth-order valence-corrected chi connectivity index (χ4v) is 2.45. The summed E-state index contributed by atoms with van der Waals surface area (Å²) in [5, 5.41) is 9.23. The standard InChI is InChI=1S/C14H8Br2N2O/c15-9-4-5-12(16)10(7-9)14(19)11(8-17)13-3-1-2-6-18-13/h1-7,11H. The summed E-state index contributed by atoms with van der Waals surface area (Å²) < 4.78 is 1.45. The summed E-state index contributed by atoms with van der Waals surface area (Å²) in [5.74, 6) is -1.17. The molecular formula is C14H8Br2N2O. The third kappa shape index (κ3) is 3.09. The normalized spacial score (nSPS) is 11.6. The quantitative estimate of drug-likeness (QED) is 0.754. The van der Waals surface area contributed by atoms with Crippen molar-refractivity contribution in [1.29, 1.82) is 5.26 Å². The zero-order valence-corrected chi connectivity index (χ0v) is 12.8. The van der Waals surface area contributed by atoms with Crippen molar-refractivity contribution in [1.82, 2.24) is 4.98 Å². The van der Waals surface area contributed by atoms with Crippen LogP contribution in [0.25, 0.3) is 0 Å². The van der Waals surface area contributed by atoms with Gasteiger partial charge in [0.15, 0.2) is 11.7 Å². The molecule has 19 heavy (non-hydrogen) atoms. The summed E-state index contributed by atoms with van der Waals surface area (Å²) in [4.78, 5) is 16.5. The predicted octanol–water partition coefficient (Wildman–Crippen LogP) is 4.10. The molecule has 0 saturated carbocycles. The van der Waals surface area contributed by atoms with Gasteiger partial charge in [0.05, 0.1) is 11.8 Å². The summed E-state index contributed by atoms with van der Waals surface area (Å²) >= 11 is 6.65. The molecular weight excluding hydrogens is 372 g/mol. The Hall–Kier alpha value is -1.51. The summed E-state index contributed by atoms with van der Waals surface area (Å²) in [6.45, 7) is 0. The molecule has 5 heteroatoms. The highest BCUT2D eigenvalue weighted by Crippen LogP contribution is 2.27. The number of benzene rings is 1. The maximum atomic E-state index is 12.4. The van der Waals surface area contributed by atoms with Gasteiger partial charge in [-0.05, 0) is 30.3 Å². The van der Waals surface area contributed by atoms with Gasteiger partial charge in [0.1, 0.15) is 0 Å². The Balaban J connectivity index is 2.43. The Labute approximate surface area is 127 Å². The van der Waals surface area contributed by atoms with Gasteiger partial charge in [0.25, 0.3) is 0 Å². The molecule has 1 unspecified atom stereocenters. The molecule has 2 rings (SSSR count). The Morgan fingerprint density at radius 2 is 2.05 bits per heavy atom. The van der Waals surface area contributed by atoms with Gasteiger partial charge in [-0.15, -0.1) is 0 Å². The fraction of sp³-hybridized carbons (Fsp3) is 0.0714. The number of carbonyl (C=O) groups excluding carboxylic acids is 1. The van der Waals surface area contributed by atoms with E-state index in [0.29, 0.717) is 15.7 Å². The molecule has 0 aliphatic heterocycles. The van der Waals surface area contributed by atoms with Crippen LogP contribution in [0.3, 0.4) is 0 Å². The van der Waals surface area contributed by atoms with Crippen LogP contribution in [0, 0.1) is 11.3 Å². The van der Waals surface area contributed by atoms with E-state index in [1.807, 2.05) is 12.1 Å². The van der Waals surface area contributed by atoms with Crippen LogP contribution < -0.4 is 0 Å². The van der Waals surface area contributed by atoms with Gasteiger partial charge in [-0.1, -0.05) is 37.9 Å². The summed E-state index contributed by atoms with van der Waals surface area (Å²) in [6.07, 6.45) is 1.57. The van der Waals surface area contributed by atoms with Crippen LogP contribution in [0.2, 0.25) is 0 Å². The molecule has 1 aromatic carbocycles. The van der Waals surface area contributed by atoms with Crippen LogP contribution in [0.4, 0.5) is 0 Å².